The average Bonchev–Trinajstić information content (AvgIpc) is 3.06. The van der Waals surface area contributed by atoms with Gasteiger partial charge in [0.1, 0.15) is 10.6 Å². The van der Waals surface area contributed by atoms with Crippen LogP contribution in [0.15, 0.2) is 30.3 Å². The average molecular weight is 374 g/mol. The van der Waals surface area contributed by atoms with Gasteiger partial charge in [0, 0.05) is 10.9 Å². The summed E-state index contributed by atoms with van der Waals surface area (Å²) in [4.78, 5) is 36.7. The molecule has 1 atom stereocenters. The number of hydrogen-bond donors (Lipinski definition) is 1. The second-order valence-electron chi connectivity index (χ2n) is 6.08. The van der Waals surface area contributed by atoms with Gasteiger partial charge in [-0.15, -0.1) is 11.3 Å². The number of fused-ring (bicyclic) bond motifs is 1. The minimum atomic E-state index is -1.07. The maximum atomic E-state index is 12.3. The molecule has 0 bridgehead atoms. The molecule has 1 aromatic heterocycles. The number of ether oxygens (including phenoxy) is 1. The first kappa shape index (κ1) is 18.1. The van der Waals surface area contributed by atoms with Crippen LogP contribution in [0, 0.1) is 10.1 Å². The Bertz CT molecular complexity index is 838. The highest BCUT2D eigenvalue weighted by molar-refractivity contribution is 7.14. The van der Waals surface area contributed by atoms with E-state index in [4.69, 9.17) is 4.74 Å². The highest BCUT2D eigenvalue weighted by Crippen LogP contribution is 2.30. The number of esters is 1. The third-order valence-electron chi connectivity index (χ3n) is 4.21. The van der Waals surface area contributed by atoms with Gasteiger partial charge < -0.3 is 10.1 Å². The maximum absolute atomic E-state index is 12.3. The fraction of sp³-hybridized carbons (Fsp3) is 0.333. The van der Waals surface area contributed by atoms with Crippen molar-refractivity contribution < 1.29 is 19.2 Å². The topological polar surface area (TPSA) is 98.5 Å². The normalized spacial score (nSPS) is 14.2. The van der Waals surface area contributed by atoms with Gasteiger partial charge in [-0.2, -0.15) is 0 Å². The van der Waals surface area contributed by atoms with Gasteiger partial charge in [-0.25, -0.2) is 4.79 Å². The molecule has 1 aliphatic rings. The van der Waals surface area contributed by atoms with Gasteiger partial charge in [0.25, 0.3) is 11.6 Å². The number of amides is 1. The number of nitrogens with one attached hydrogen (secondary N) is 1. The molecule has 1 heterocycles. The van der Waals surface area contributed by atoms with Crippen molar-refractivity contribution in [3.05, 3.63) is 55.8 Å². The molecule has 1 amide bonds. The molecule has 0 unspecified atom stereocenters. The standard InChI is InChI=1S/C18H18N2O5S/c1-11(17(21)19-13-7-3-4-8-14(13)20(23)24)25-18(22)16-10-12-6-2-5-9-15(12)26-16/h3-4,7-8,10-11H,2,5-6,9H2,1H3,(H,19,21)/t11-/m1/s1. The number of carbonyl (C=O) groups excluding carboxylic acids is 2. The molecular formula is C18H18N2O5S. The third-order valence-corrected chi connectivity index (χ3v) is 5.43. The lowest BCUT2D eigenvalue weighted by Crippen LogP contribution is -2.30. The minimum Gasteiger partial charge on any atom is -0.448 e. The Morgan fingerprint density at radius 1 is 1.27 bits per heavy atom. The van der Waals surface area contributed by atoms with E-state index in [1.54, 1.807) is 6.07 Å². The number of nitro groups is 1. The van der Waals surface area contributed by atoms with Crippen molar-refractivity contribution in [2.24, 2.45) is 0 Å². The second-order valence-corrected chi connectivity index (χ2v) is 7.21. The number of rotatable bonds is 5. The highest BCUT2D eigenvalue weighted by atomic mass is 32.1. The van der Waals surface area contributed by atoms with Gasteiger partial charge in [-0.1, -0.05) is 12.1 Å². The number of nitrogens with zero attached hydrogens (tertiary/aromatic N) is 1. The Labute approximate surface area is 154 Å². The van der Waals surface area contributed by atoms with Crippen LogP contribution < -0.4 is 5.32 Å². The van der Waals surface area contributed by atoms with Crippen LogP contribution in [0.4, 0.5) is 11.4 Å². The van der Waals surface area contributed by atoms with Crippen LogP contribution in [0.3, 0.4) is 0 Å². The van der Waals surface area contributed by atoms with Crippen LogP contribution >= 0.6 is 11.3 Å². The Hall–Kier alpha value is -2.74. The summed E-state index contributed by atoms with van der Waals surface area (Å²) in [5, 5.41) is 13.4. The number of nitro benzene ring substituents is 1. The van der Waals surface area contributed by atoms with Gasteiger partial charge in [0.05, 0.1) is 4.92 Å². The molecule has 0 spiro atoms. The fourth-order valence-electron chi connectivity index (χ4n) is 2.84. The summed E-state index contributed by atoms with van der Waals surface area (Å²) in [7, 11) is 0. The van der Waals surface area contributed by atoms with Crippen LogP contribution in [-0.4, -0.2) is 22.9 Å². The smallest absolute Gasteiger partial charge is 0.349 e. The van der Waals surface area contributed by atoms with Crippen LogP contribution in [-0.2, 0) is 22.4 Å². The lowest BCUT2D eigenvalue weighted by Gasteiger charge is -2.13. The SMILES string of the molecule is C[C@@H](OC(=O)c1cc2c(s1)CCCC2)C(=O)Nc1ccccc1[N+](=O)[O-]. The van der Waals surface area contributed by atoms with E-state index in [0.29, 0.717) is 4.88 Å². The zero-order chi connectivity index (χ0) is 18.7. The highest BCUT2D eigenvalue weighted by Gasteiger charge is 2.24. The zero-order valence-electron chi connectivity index (χ0n) is 14.2. The summed E-state index contributed by atoms with van der Waals surface area (Å²) in [5.41, 5.74) is 1.03. The van der Waals surface area contributed by atoms with Crippen molar-refractivity contribution >= 4 is 34.6 Å². The summed E-state index contributed by atoms with van der Waals surface area (Å²) < 4.78 is 5.24. The van der Waals surface area contributed by atoms with Crippen molar-refractivity contribution in [2.45, 2.75) is 38.7 Å². The number of carbonyl (C=O) groups is 2. The number of thiophene rings is 1. The molecule has 0 aliphatic heterocycles. The molecule has 0 radical (unpaired) electrons. The van der Waals surface area contributed by atoms with Crippen molar-refractivity contribution in [2.75, 3.05) is 5.32 Å². The van der Waals surface area contributed by atoms with Crippen LogP contribution in [0.5, 0.6) is 0 Å². The Morgan fingerprint density at radius 3 is 2.73 bits per heavy atom. The molecule has 0 saturated carbocycles. The maximum Gasteiger partial charge on any atom is 0.349 e. The van der Waals surface area contributed by atoms with Gasteiger partial charge in [-0.05, 0) is 50.3 Å². The number of para-hydroxylation sites is 2. The third kappa shape index (κ3) is 3.91. The minimum absolute atomic E-state index is 0.0667. The van der Waals surface area contributed by atoms with Crippen molar-refractivity contribution in [1.29, 1.82) is 0 Å². The van der Waals surface area contributed by atoms with Crippen molar-refractivity contribution in [1.82, 2.24) is 0 Å². The first-order valence-corrected chi connectivity index (χ1v) is 9.14. The van der Waals surface area contributed by atoms with E-state index in [1.807, 2.05) is 6.07 Å². The number of anilines is 1. The van der Waals surface area contributed by atoms with E-state index >= 15 is 0 Å². The molecule has 2 aromatic rings. The molecular weight excluding hydrogens is 356 g/mol. The predicted molar refractivity (Wildman–Crippen MR) is 97.6 cm³/mol. The summed E-state index contributed by atoms with van der Waals surface area (Å²) >= 11 is 1.41. The van der Waals surface area contributed by atoms with E-state index in [2.05, 4.69) is 5.32 Å². The van der Waals surface area contributed by atoms with Crippen LogP contribution in [0.2, 0.25) is 0 Å². The molecule has 7 nitrogen and oxygen atoms in total. The van der Waals surface area contributed by atoms with Crippen LogP contribution in [0.1, 0.15) is 39.9 Å². The molecule has 8 heteroatoms. The van der Waals surface area contributed by atoms with Crippen molar-refractivity contribution in [3.63, 3.8) is 0 Å². The molecule has 1 aromatic carbocycles. The van der Waals surface area contributed by atoms with Crippen molar-refractivity contribution in [3.8, 4) is 0 Å². The molecule has 0 saturated heterocycles. The summed E-state index contributed by atoms with van der Waals surface area (Å²) in [6.07, 6.45) is 3.11. The van der Waals surface area contributed by atoms with Gasteiger partial charge in [0.15, 0.2) is 6.10 Å². The van der Waals surface area contributed by atoms with Gasteiger partial charge in [0.2, 0.25) is 0 Å². The van der Waals surface area contributed by atoms with E-state index in [0.717, 1.165) is 25.7 Å². The molecule has 26 heavy (non-hydrogen) atoms. The zero-order valence-corrected chi connectivity index (χ0v) is 15.0. The Balaban J connectivity index is 1.65. The lowest BCUT2D eigenvalue weighted by molar-refractivity contribution is -0.383. The lowest BCUT2D eigenvalue weighted by atomic mass is 9.99. The number of aryl methyl sites for hydroxylation is 2. The summed E-state index contributed by atoms with van der Waals surface area (Å²) in [6.45, 7) is 1.44. The first-order chi connectivity index (χ1) is 12.5. The fourth-order valence-corrected chi connectivity index (χ4v) is 3.97. The predicted octanol–water partition coefficient (Wildman–Crippen LogP) is 3.72. The first-order valence-electron chi connectivity index (χ1n) is 8.32. The largest absolute Gasteiger partial charge is 0.448 e. The molecule has 3 rings (SSSR count). The summed E-state index contributed by atoms with van der Waals surface area (Å²) in [6, 6.07) is 7.65. The monoisotopic (exact) mass is 374 g/mol. The summed E-state index contributed by atoms with van der Waals surface area (Å²) in [5.74, 6) is -1.16. The number of hydrogen-bond acceptors (Lipinski definition) is 6. The molecule has 0 fully saturated rings. The van der Waals surface area contributed by atoms with Crippen LogP contribution in [0.25, 0.3) is 0 Å². The Kier molecular flexibility index (Phi) is 5.32. The van der Waals surface area contributed by atoms with Gasteiger partial charge in [-0.3, -0.25) is 14.9 Å². The van der Waals surface area contributed by atoms with Gasteiger partial charge >= 0.3 is 5.97 Å². The van der Waals surface area contributed by atoms with E-state index < -0.39 is 22.9 Å². The van der Waals surface area contributed by atoms with E-state index in [9.17, 15) is 19.7 Å². The Morgan fingerprint density at radius 2 is 2.00 bits per heavy atom. The molecule has 1 aliphatic carbocycles. The van der Waals surface area contributed by atoms with E-state index in [1.165, 1.54) is 46.9 Å². The molecule has 136 valence electrons. The quantitative estimate of drug-likeness (QED) is 0.488. The number of benzene rings is 1. The molecule has 1 N–H and O–H groups in total. The second kappa shape index (κ2) is 7.65. The van der Waals surface area contributed by atoms with E-state index in [-0.39, 0.29) is 11.4 Å².